The Balaban J connectivity index is 0.952. The molecular formula is C34H45N5O4S. The van der Waals surface area contributed by atoms with E-state index in [2.05, 4.69) is 53.8 Å². The molecule has 4 fully saturated rings. The van der Waals surface area contributed by atoms with Crippen LogP contribution in [0, 0.1) is 12.8 Å². The first-order chi connectivity index (χ1) is 21.3. The Morgan fingerprint density at radius 3 is 2.61 bits per heavy atom. The zero-order valence-corrected chi connectivity index (χ0v) is 26.6. The summed E-state index contributed by atoms with van der Waals surface area (Å²) in [5.41, 5.74) is 4.14. The van der Waals surface area contributed by atoms with E-state index in [0.717, 1.165) is 49.8 Å². The van der Waals surface area contributed by atoms with Crippen LogP contribution >= 0.6 is 11.8 Å². The van der Waals surface area contributed by atoms with Crippen LogP contribution in [-0.2, 0) is 20.7 Å². The van der Waals surface area contributed by atoms with Crippen LogP contribution in [0.1, 0.15) is 67.6 Å². The van der Waals surface area contributed by atoms with Gasteiger partial charge in [0.1, 0.15) is 0 Å². The number of ether oxygens (including phenoxy) is 1. The molecule has 0 radical (unpaired) electrons. The number of esters is 1. The number of nitrogens with one attached hydrogen (secondary N) is 2. The monoisotopic (exact) mass is 619 g/mol. The summed E-state index contributed by atoms with van der Waals surface area (Å²) in [6.45, 7) is 2.41. The predicted molar refractivity (Wildman–Crippen MR) is 173 cm³/mol. The number of unbranched alkanes of at least 4 members (excludes halogenated alkanes) is 1. The number of piperidine rings is 1. The molecule has 4 heterocycles. The van der Waals surface area contributed by atoms with E-state index in [1.54, 1.807) is 0 Å². The van der Waals surface area contributed by atoms with Gasteiger partial charge in [-0.1, -0.05) is 48.4 Å². The summed E-state index contributed by atoms with van der Waals surface area (Å²) >= 11 is 1.89. The number of carbonyl (C=O) groups excluding carboxylic acids is 3. The number of thioether (sulfide) groups is 1. The first-order valence-corrected chi connectivity index (χ1v) is 17.1. The maximum Gasteiger partial charge on any atom is 0.315 e. The van der Waals surface area contributed by atoms with Crippen molar-refractivity contribution in [1.82, 2.24) is 15.5 Å². The van der Waals surface area contributed by atoms with Gasteiger partial charge in [-0.3, -0.25) is 14.5 Å². The molecule has 4 aliphatic rings. The van der Waals surface area contributed by atoms with Gasteiger partial charge in [0.25, 0.3) is 0 Å². The summed E-state index contributed by atoms with van der Waals surface area (Å²) in [6.07, 6.45) is 6.79. The molecule has 4 aliphatic heterocycles. The third kappa shape index (κ3) is 6.62. The highest BCUT2D eigenvalue weighted by molar-refractivity contribution is 8.00. The lowest BCUT2D eigenvalue weighted by molar-refractivity contribution is -0.153. The van der Waals surface area contributed by atoms with E-state index in [-0.39, 0.29) is 47.9 Å². The Kier molecular flexibility index (Phi) is 9.49. The molecule has 6 rings (SSSR count). The second-order valence-electron chi connectivity index (χ2n) is 13.0. The van der Waals surface area contributed by atoms with Gasteiger partial charge in [0.2, 0.25) is 5.91 Å². The van der Waals surface area contributed by atoms with Gasteiger partial charge < -0.3 is 15.4 Å². The lowest BCUT2D eigenvalue weighted by atomic mass is 9.76. The van der Waals surface area contributed by atoms with Gasteiger partial charge in [0.05, 0.1) is 30.3 Å². The Hall–Kier alpha value is -3.08. The summed E-state index contributed by atoms with van der Waals surface area (Å²) in [5, 5.41) is 7.60. The topological polar surface area (TPSA) is 117 Å². The smallest absolute Gasteiger partial charge is 0.315 e. The molecule has 236 valence electrons. The molecule has 2 aromatic rings. The maximum absolute atomic E-state index is 13.5. The molecule has 2 aromatic carbocycles. The number of aryl methyl sites for hydroxylation is 1. The average Bonchev–Trinajstić information content (AvgIpc) is 3.64. The third-order valence-electron chi connectivity index (χ3n) is 10.2. The SMILES string of the molecule is Cc1ccc([C@H]2CC3CCC(C2C(=O)OCCc2ccc(N(N)C(=O)CCCCC4SCC5NC(=O)NC54)cc2)N3C)cc1. The molecule has 0 aliphatic carbocycles. The summed E-state index contributed by atoms with van der Waals surface area (Å²) in [4.78, 5) is 40.2. The summed E-state index contributed by atoms with van der Waals surface area (Å²) < 4.78 is 5.92. The largest absolute Gasteiger partial charge is 0.465 e. The van der Waals surface area contributed by atoms with Crippen molar-refractivity contribution in [1.29, 1.82) is 0 Å². The number of nitrogens with two attached hydrogens (primary N) is 1. The fraction of sp³-hybridized carbons (Fsp3) is 0.559. The fourth-order valence-electron chi connectivity index (χ4n) is 7.66. The minimum absolute atomic E-state index is 0.0719. The van der Waals surface area contributed by atoms with Crippen molar-refractivity contribution in [2.24, 2.45) is 11.8 Å². The van der Waals surface area contributed by atoms with Gasteiger partial charge >= 0.3 is 12.0 Å². The van der Waals surface area contributed by atoms with Crippen LogP contribution in [-0.4, -0.2) is 71.6 Å². The van der Waals surface area contributed by atoms with E-state index in [9.17, 15) is 14.4 Å². The number of fused-ring (bicyclic) bond motifs is 3. The quantitative estimate of drug-likeness (QED) is 0.0859. The van der Waals surface area contributed by atoms with E-state index >= 15 is 0 Å². The number of nitrogens with zero attached hydrogens (tertiary/aromatic N) is 2. The van der Waals surface area contributed by atoms with E-state index < -0.39 is 0 Å². The lowest BCUT2D eigenvalue weighted by Crippen LogP contribution is -2.49. The van der Waals surface area contributed by atoms with Crippen molar-refractivity contribution >= 4 is 35.4 Å². The standard InChI is InChI=1S/C34H45N5O4S/c1-21-7-11-23(12-8-21)26-19-25-15-16-28(38(25)2)31(26)33(41)43-18-17-22-9-13-24(14-10-22)39(35)30(40)6-4-3-5-29-32-27(20-44-29)36-34(42)37-32/h7-14,25-29,31-32H,3-6,15-20,35H2,1-2H3,(H2,36,37,42)/t25?,26-,27?,28?,29?,31?,32?/m1/s1. The molecule has 4 N–H and O–H groups in total. The van der Waals surface area contributed by atoms with Crippen LogP contribution in [0.25, 0.3) is 0 Å². The second kappa shape index (κ2) is 13.5. The van der Waals surface area contributed by atoms with Crippen LogP contribution in [0.5, 0.6) is 0 Å². The third-order valence-corrected chi connectivity index (χ3v) is 11.7. The second-order valence-corrected chi connectivity index (χ2v) is 14.2. The Bertz CT molecular complexity index is 1340. The van der Waals surface area contributed by atoms with Crippen LogP contribution in [0.15, 0.2) is 48.5 Å². The minimum atomic E-state index is -0.157. The van der Waals surface area contributed by atoms with Crippen molar-refractivity contribution in [3.05, 3.63) is 65.2 Å². The average molecular weight is 620 g/mol. The summed E-state index contributed by atoms with van der Waals surface area (Å²) in [7, 11) is 2.15. The van der Waals surface area contributed by atoms with Gasteiger partial charge in [0.15, 0.2) is 0 Å². The van der Waals surface area contributed by atoms with E-state index in [0.29, 0.717) is 36.4 Å². The number of rotatable bonds is 11. The molecule has 4 saturated heterocycles. The highest BCUT2D eigenvalue weighted by Gasteiger charge is 2.49. The van der Waals surface area contributed by atoms with Crippen LogP contribution in [0.2, 0.25) is 0 Å². The van der Waals surface area contributed by atoms with Crippen molar-refractivity contribution in [2.45, 2.75) is 93.6 Å². The number of anilines is 1. The van der Waals surface area contributed by atoms with Gasteiger partial charge in [-0.15, -0.1) is 0 Å². The van der Waals surface area contributed by atoms with E-state index in [4.69, 9.17) is 10.6 Å². The minimum Gasteiger partial charge on any atom is -0.465 e. The first kappa shape index (κ1) is 30.9. The molecule has 0 spiro atoms. The van der Waals surface area contributed by atoms with Crippen LogP contribution in [0.4, 0.5) is 10.5 Å². The Labute approximate surface area is 264 Å². The molecular weight excluding hydrogens is 574 g/mol. The number of urea groups is 1. The molecule has 10 heteroatoms. The molecule has 6 unspecified atom stereocenters. The lowest BCUT2D eigenvalue weighted by Gasteiger charge is -2.42. The predicted octanol–water partition coefficient (Wildman–Crippen LogP) is 4.28. The van der Waals surface area contributed by atoms with Crippen molar-refractivity contribution in [2.75, 3.05) is 24.4 Å². The number of carbonyl (C=O) groups is 3. The van der Waals surface area contributed by atoms with E-state index in [1.165, 1.54) is 16.1 Å². The zero-order valence-electron chi connectivity index (χ0n) is 25.7. The number of amides is 3. The zero-order chi connectivity index (χ0) is 30.8. The fourth-order valence-corrected chi connectivity index (χ4v) is 9.21. The van der Waals surface area contributed by atoms with Crippen LogP contribution < -0.4 is 21.5 Å². The van der Waals surface area contributed by atoms with Gasteiger partial charge in [-0.2, -0.15) is 11.8 Å². The maximum atomic E-state index is 13.5. The molecule has 7 atom stereocenters. The molecule has 0 saturated carbocycles. The first-order valence-electron chi connectivity index (χ1n) is 16.1. The van der Waals surface area contributed by atoms with Crippen molar-refractivity contribution < 1.29 is 19.1 Å². The normalized spacial score (nSPS) is 29.2. The van der Waals surface area contributed by atoms with Crippen molar-refractivity contribution in [3.63, 3.8) is 0 Å². The molecule has 2 bridgehead atoms. The van der Waals surface area contributed by atoms with Gasteiger partial charge in [0, 0.05) is 41.8 Å². The highest BCUT2D eigenvalue weighted by Crippen LogP contribution is 2.46. The van der Waals surface area contributed by atoms with Gasteiger partial charge in [-0.25, -0.2) is 15.6 Å². The van der Waals surface area contributed by atoms with E-state index in [1.807, 2.05) is 36.0 Å². The van der Waals surface area contributed by atoms with Gasteiger partial charge in [-0.05, 0) is 69.3 Å². The summed E-state index contributed by atoms with van der Waals surface area (Å²) in [6, 6.07) is 17.3. The summed E-state index contributed by atoms with van der Waals surface area (Å²) in [5.74, 6) is 6.91. The number of hydrazine groups is 1. The number of hydrogen-bond acceptors (Lipinski definition) is 7. The molecule has 9 nitrogen and oxygen atoms in total. The Morgan fingerprint density at radius 1 is 1.07 bits per heavy atom. The Morgan fingerprint density at radius 2 is 1.84 bits per heavy atom. The number of hydrogen-bond donors (Lipinski definition) is 3. The molecule has 3 amide bonds. The van der Waals surface area contributed by atoms with Crippen molar-refractivity contribution in [3.8, 4) is 0 Å². The van der Waals surface area contributed by atoms with Crippen LogP contribution in [0.3, 0.4) is 0 Å². The number of benzene rings is 2. The molecule has 44 heavy (non-hydrogen) atoms. The molecule has 0 aromatic heterocycles. The highest BCUT2D eigenvalue weighted by atomic mass is 32.2.